The lowest BCUT2D eigenvalue weighted by Crippen LogP contribution is -1.97. The molecule has 0 saturated heterocycles. The Kier molecular flexibility index (Phi) is 3.96. The first-order valence-electron chi connectivity index (χ1n) is 5.48. The highest BCUT2D eigenvalue weighted by Gasteiger charge is 2.13. The maximum atomic E-state index is 10.6. The number of nitrogens with zero attached hydrogens (tertiary/aromatic N) is 3. The van der Waals surface area contributed by atoms with Gasteiger partial charge in [-0.2, -0.15) is 4.98 Å². The molecule has 0 atom stereocenters. The molecule has 0 bridgehead atoms. The molecule has 19 heavy (non-hydrogen) atoms. The number of hydrogen-bond acceptors (Lipinski definition) is 6. The Bertz CT molecular complexity index is 599. The van der Waals surface area contributed by atoms with Crippen LogP contribution < -0.4 is 4.74 Å². The van der Waals surface area contributed by atoms with Gasteiger partial charge in [-0.05, 0) is 6.07 Å². The summed E-state index contributed by atoms with van der Waals surface area (Å²) in [6.45, 7) is 1.99. The molecule has 2 rings (SSSR count). The van der Waals surface area contributed by atoms with Gasteiger partial charge in [0.15, 0.2) is 12.4 Å². The van der Waals surface area contributed by atoms with Crippen molar-refractivity contribution in [2.45, 2.75) is 20.0 Å². The number of hydrogen-bond donors (Lipinski definition) is 0. The first-order chi connectivity index (χ1) is 9.10. The van der Waals surface area contributed by atoms with Gasteiger partial charge >= 0.3 is 0 Å². The van der Waals surface area contributed by atoms with Crippen LogP contribution in [-0.2, 0) is 13.0 Å². The molecule has 0 aliphatic rings. The molecule has 0 spiro atoms. The smallest absolute Gasteiger partial charge is 0.288 e. The number of ether oxygens (including phenoxy) is 1. The molecule has 0 unspecified atom stereocenters. The van der Waals surface area contributed by atoms with Crippen molar-refractivity contribution in [2.24, 2.45) is 0 Å². The summed E-state index contributed by atoms with van der Waals surface area (Å²) < 4.78 is 10.3. The van der Waals surface area contributed by atoms with Crippen molar-refractivity contribution in [1.82, 2.24) is 10.1 Å². The molecule has 0 radical (unpaired) electrons. The van der Waals surface area contributed by atoms with Crippen LogP contribution in [0, 0.1) is 10.1 Å². The van der Waals surface area contributed by atoms with E-state index >= 15 is 0 Å². The minimum Gasteiger partial charge on any atom is -0.484 e. The van der Waals surface area contributed by atoms with E-state index in [1.165, 1.54) is 18.2 Å². The molecule has 0 saturated carbocycles. The number of benzene rings is 1. The van der Waals surface area contributed by atoms with E-state index in [1.807, 2.05) is 6.92 Å². The van der Waals surface area contributed by atoms with E-state index in [9.17, 15) is 10.1 Å². The van der Waals surface area contributed by atoms with Crippen LogP contribution in [0.5, 0.6) is 5.75 Å². The third-order valence-electron chi connectivity index (χ3n) is 2.30. The lowest BCUT2D eigenvalue weighted by atomic mass is 10.3. The van der Waals surface area contributed by atoms with Crippen LogP contribution in [0.2, 0.25) is 5.02 Å². The zero-order valence-electron chi connectivity index (χ0n) is 10.00. The highest BCUT2D eigenvalue weighted by molar-refractivity contribution is 6.32. The van der Waals surface area contributed by atoms with E-state index in [2.05, 4.69) is 10.1 Å². The Morgan fingerprint density at radius 3 is 2.89 bits per heavy atom. The van der Waals surface area contributed by atoms with Crippen molar-refractivity contribution < 1.29 is 14.2 Å². The molecule has 7 nitrogen and oxygen atoms in total. The van der Waals surface area contributed by atoms with Gasteiger partial charge in [0.1, 0.15) is 10.8 Å². The highest BCUT2D eigenvalue weighted by Crippen LogP contribution is 2.28. The van der Waals surface area contributed by atoms with Gasteiger partial charge in [0, 0.05) is 18.6 Å². The zero-order chi connectivity index (χ0) is 13.8. The summed E-state index contributed by atoms with van der Waals surface area (Å²) in [5, 5.41) is 14.3. The Morgan fingerprint density at radius 1 is 1.53 bits per heavy atom. The second-order valence-corrected chi connectivity index (χ2v) is 4.02. The van der Waals surface area contributed by atoms with E-state index < -0.39 is 4.92 Å². The van der Waals surface area contributed by atoms with E-state index in [1.54, 1.807) is 0 Å². The van der Waals surface area contributed by atoms with Gasteiger partial charge in [-0.3, -0.25) is 10.1 Å². The maximum Gasteiger partial charge on any atom is 0.288 e. The summed E-state index contributed by atoms with van der Waals surface area (Å²) >= 11 is 5.76. The molecule has 2 aromatic rings. The van der Waals surface area contributed by atoms with Gasteiger partial charge < -0.3 is 9.26 Å². The van der Waals surface area contributed by atoms with E-state index in [0.717, 1.165) is 0 Å². The van der Waals surface area contributed by atoms with Gasteiger partial charge in [0.2, 0.25) is 0 Å². The molecule has 1 aromatic heterocycles. The fourth-order valence-corrected chi connectivity index (χ4v) is 1.60. The molecule has 100 valence electrons. The van der Waals surface area contributed by atoms with Crippen molar-refractivity contribution in [3.8, 4) is 5.75 Å². The van der Waals surface area contributed by atoms with Crippen molar-refractivity contribution >= 4 is 17.3 Å². The van der Waals surface area contributed by atoms with Crippen molar-refractivity contribution in [1.29, 1.82) is 0 Å². The van der Waals surface area contributed by atoms with Gasteiger partial charge in [0.05, 0.1) is 4.92 Å². The van der Waals surface area contributed by atoms with Crippen LogP contribution in [0.3, 0.4) is 0 Å². The fourth-order valence-electron chi connectivity index (χ4n) is 1.36. The Balaban J connectivity index is 2.03. The van der Waals surface area contributed by atoms with Crippen LogP contribution in [0.25, 0.3) is 0 Å². The van der Waals surface area contributed by atoms with E-state index in [0.29, 0.717) is 23.9 Å². The molecular formula is C11H10ClN3O4. The second-order valence-electron chi connectivity index (χ2n) is 3.62. The minimum atomic E-state index is -0.558. The first-order valence-corrected chi connectivity index (χ1v) is 5.86. The molecule has 8 heteroatoms. The average Bonchev–Trinajstić information content (AvgIpc) is 2.84. The average molecular weight is 284 g/mol. The third kappa shape index (κ3) is 3.19. The second kappa shape index (κ2) is 5.66. The lowest BCUT2D eigenvalue weighted by molar-refractivity contribution is -0.384. The minimum absolute atomic E-state index is 0.0160. The molecule has 0 amide bonds. The Morgan fingerprint density at radius 2 is 2.32 bits per heavy atom. The quantitative estimate of drug-likeness (QED) is 0.619. The van der Waals surface area contributed by atoms with Gasteiger partial charge in [-0.1, -0.05) is 23.7 Å². The summed E-state index contributed by atoms with van der Waals surface area (Å²) in [5.74, 6) is 1.33. The van der Waals surface area contributed by atoms with Gasteiger partial charge in [-0.25, -0.2) is 0 Å². The third-order valence-corrected chi connectivity index (χ3v) is 2.61. The summed E-state index contributed by atoms with van der Waals surface area (Å²) in [7, 11) is 0. The van der Waals surface area contributed by atoms with Crippen molar-refractivity contribution in [3.63, 3.8) is 0 Å². The van der Waals surface area contributed by atoms with Gasteiger partial charge in [0.25, 0.3) is 11.6 Å². The van der Waals surface area contributed by atoms with Crippen LogP contribution in [0.4, 0.5) is 5.69 Å². The number of aryl methyl sites for hydroxylation is 1. The number of nitro benzene ring substituents is 1. The summed E-state index contributed by atoms with van der Waals surface area (Å²) in [4.78, 5) is 14.1. The number of halogens is 1. The highest BCUT2D eigenvalue weighted by atomic mass is 35.5. The molecule has 0 fully saturated rings. The molecule has 1 heterocycles. The maximum absolute atomic E-state index is 10.6. The van der Waals surface area contributed by atoms with Crippen molar-refractivity contribution in [2.75, 3.05) is 0 Å². The topological polar surface area (TPSA) is 91.3 Å². The number of rotatable bonds is 5. The van der Waals surface area contributed by atoms with Crippen molar-refractivity contribution in [3.05, 3.63) is 45.1 Å². The summed E-state index contributed by atoms with van der Waals surface area (Å²) in [5.41, 5.74) is -0.167. The lowest BCUT2D eigenvalue weighted by Gasteiger charge is -2.03. The normalized spacial score (nSPS) is 10.4. The zero-order valence-corrected chi connectivity index (χ0v) is 10.8. The van der Waals surface area contributed by atoms with Gasteiger partial charge in [-0.15, -0.1) is 0 Å². The predicted octanol–water partition coefficient (Wildman–Crippen LogP) is 2.77. The Labute approximate surface area is 113 Å². The molecule has 0 N–H and O–H groups in total. The molecular weight excluding hydrogens is 274 g/mol. The standard InChI is InChI=1S/C11H10ClN3O4/c1-2-10-13-11(19-14-10)6-18-7-3-4-9(15(16)17)8(12)5-7/h3-5H,2,6H2,1H3. The monoisotopic (exact) mass is 283 g/mol. The predicted molar refractivity (Wildman–Crippen MR) is 66.1 cm³/mol. The van der Waals surface area contributed by atoms with Crippen LogP contribution in [0.1, 0.15) is 18.6 Å². The Hall–Kier alpha value is -2.15. The molecule has 1 aromatic carbocycles. The number of aromatic nitrogens is 2. The van der Waals surface area contributed by atoms with Crippen LogP contribution >= 0.6 is 11.6 Å². The largest absolute Gasteiger partial charge is 0.484 e. The summed E-state index contributed by atoms with van der Waals surface area (Å²) in [6.07, 6.45) is 0.673. The molecule has 0 aliphatic heterocycles. The molecule has 0 aliphatic carbocycles. The first kappa shape index (κ1) is 13.3. The summed E-state index contributed by atoms with van der Waals surface area (Å²) in [6, 6.07) is 4.11. The van der Waals surface area contributed by atoms with Crippen LogP contribution in [0.15, 0.2) is 22.7 Å². The fraction of sp³-hybridized carbons (Fsp3) is 0.273. The number of nitro groups is 1. The van der Waals surface area contributed by atoms with E-state index in [-0.39, 0.29) is 17.3 Å². The SMILES string of the molecule is CCc1noc(COc2ccc([N+](=O)[O-])c(Cl)c2)n1. The van der Waals surface area contributed by atoms with Crippen LogP contribution in [-0.4, -0.2) is 15.1 Å². The van der Waals surface area contributed by atoms with E-state index in [4.69, 9.17) is 20.9 Å².